The van der Waals surface area contributed by atoms with Crippen LogP contribution in [-0.4, -0.2) is 40.2 Å². The number of benzene rings is 2. The van der Waals surface area contributed by atoms with Gasteiger partial charge in [0.2, 0.25) is 11.8 Å². The summed E-state index contributed by atoms with van der Waals surface area (Å²) >= 11 is 0. The molecule has 2 fully saturated rings. The number of piperazine rings is 1. The summed E-state index contributed by atoms with van der Waals surface area (Å²) in [5.74, 6) is 0.173. The lowest BCUT2D eigenvalue weighted by Crippen LogP contribution is -2.61. The molecule has 2 heterocycles. The van der Waals surface area contributed by atoms with Gasteiger partial charge in [-0.15, -0.1) is 0 Å². The van der Waals surface area contributed by atoms with E-state index in [9.17, 15) is 9.59 Å². The largest absolute Gasteiger partial charge is 0.329 e. The molecule has 4 rings (SSSR count). The van der Waals surface area contributed by atoms with Crippen molar-refractivity contribution in [3.05, 3.63) is 60.2 Å². The van der Waals surface area contributed by atoms with Crippen LogP contribution in [0.1, 0.15) is 25.3 Å². The molecule has 2 aliphatic heterocycles. The molecule has 2 aromatic rings. The van der Waals surface area contributed by atoms with Crippen molar-refractivity contribution in [1.82, 2.24) is 9.80 Å². The third kappa shape index (κ3) is 2.72. The highest BCUT2D eigenvalue weighted by atomic mass is 16.2. The Morgan fingerprint density at radius 2 is 1.68 bits per heavy atom. The molecule has 0 unspecified atom stereocenters. The van der Waals surface area contributed by atoms with E-state index in [0.29, 0.717) is 13.1 Å². The maximum absolute atomic E-state index is 12.9. The molecular formula is C21H22N2O2. The Morgan fingerprint density at radius 1 is 0.960 bits per heavy atom. The molecule has 4 nitrogen and oxygen atoms in total. The average Bonchev–Trinajstić information content (AvgIpc) is 3.15. The van der Waals surface area contributed by atoms with Gasteiger partial charge in [0, 0.05) is 13.1 Å². The average molecular weight is 334 g/mol. The number of hydrogen-bond acceptors (Lipinski definition) is 2. The van der Waals surface area contributed by atoms with Gasteiger partial charge in [-0.3, -0.25) is 9.59 Å². The summed E-state index contributed by atoms with van der Waals surface area (Å²) in [7, 11) is 0. The zero-order chi connectivity index (χ0) is 17.4. The van der Waals surface area contributed by atoms with Crippen LogP contribution < -0.4 is 0 Å². The van der Waals surface area contributed by atoms with Gasteiger partial charge in [-0.25, -0.2) is 0 Å². The van der Waals surface area contributed by atoms with Gasteiger partial charge in [-0.1, -0.05) is 54.6 Å². The predicted molar refractivity (Wildman–Crippen MR) is 96.6 cm³/mol. The van der Waals surface area contributed by atoms with Crippen LogP contribution in [0.25, 0.3) is 11.1 Å². The summed E-state index contributed by atoms with van der Waals surface area (Å²) in [6.07, 6.45) is 1.71. The fourth-order valence-electron chi connectivity index (χ4n) is 4.00. The normalized spacial score (nSPS) is 23.1. The van der Waals surface area contributed by atoms with E-state index in [1.165, 1.54) is 0 Å². The number of hydrogen-bond donors (Lipinski definition) is 0. The van der Waals surface area contributed by atoms with E-state index >= 15 is 0 Å². The van der Waals surface area contributed by atoms with Crippen LogP contribution in [0.5, 0.6) is 0 Å². The Balaban J connectivity index is 1.66. The van der Waals surface area contributed by atoms with Crippen molar-refractivity contribution in [3.63, 3.8) is 0 Å². The summed E-state index contributed by atoms with van der Waals surface area (Å²) in [6, 6.07) is 17.6. The van der Waals surface area contributed by atoms with Crippen molar-refractivity contribution in [2.45, 2.75) is 38.4 Å². The molecule has 25 heavy (non-hydrogen) atoms. The molecule has 2 saturated heterocycles. The minimum absolute atomic E-state index is 0.0827. The molecule has 0 N–H and O–H groups in total. The fourth-order valence-corrected chi connectivity index (χ4v) is 4.00. The summed E-state index contributed by atoms with van der Waals surface area (Å²) in [4.78, 5) is 29.1. The van der Waals surface area contributed by atoms with E-state index in [2.05, 4.69) is 18.2 Å². The first-order chi connectivity index (χ1) is 12.2. The fraction of sp³-hybridized carbons (Fsp3) is 0.333. The van der Waals surface area contributed by atoms with Crippen LogP contribution in [0.15, 0.2) is 54.6 Å². The Kier molecular flexibility index (Phi) is 4.04. The van der Waals surface area contributed by atoms with Crippen LogP contribution in [-0.2, 0) is 16.1 Å². The lowest BCUT2D eigenvalue weighted by molar-refractivity contribution is -0.159. The first kappa shape index (κ1) is 15.9. The molecule has 2 atom stereocenters. The summed E-state index contributed by atoms with van der Waals surface area (Å²) in [6.45, 7) is 3.04. The van der Waals surface area contributed by atoms with Gasteiger partial charge in [0.1, 0.15) is 12.1 Å². The molecule has 0 spiro atoms. The van der Waals surface area contributed by atoms with Gasteiger partial charge in [0.25, 0.3) is 0 Å². The topological polar surface area (TPSA) is 40.6 Å². The molecule has 2 aliphatic rings. The Hall–Kier alpha value is -2.62. The third-order valence-corrected chi connectivity index (χ3v) is 5.37. The van der Waals surface area contributed by atoms with Gasteiger partial charge in [0.15, 0.2) is 0 Å². The molecule has 2 amide bonds. The van der Waals surface area contributed by atoms with E-state index in [4.69, 9.17) is 0 Å². The number of nitrogens with zero attached hydrogens (tertiary/aromatic N) is 2. The van der Waals surface area contributed by atoms with Crippen molar-refractivity contribution >= 4 is 11.8 Å². The van der Waals surface area contributed by atoms with Crippen molar-refractivity contribution in [1.29, 1.82) is 0 Å². The lowest BCUT2D eigenvalue weighted by Gasteiger charge is -2.41. The van der Waals surface area contributed by atoms with E-state index in [0.717, 1.165) is 29.5 Å². The lowest BCUT2D eigenvalue weighted by atomic mass is 9.98. The molecule has 128 valence electrons. The van der Waals surface area contributed by atoms with Crippen LogP contribution in [0.4, 0.5) is 0 Å². The van der Waals surface area contributed by atoms with Crippen LogP contribution in [0, 0.1) is 0 Å². The van der Waals surface area contributed by atoms with E-state index in [-0.39, 0.29) is 17.9 Å². The number of rotatable bonds is 3. The van der Waals surface area contributed by atoms with Gasteiger partial charge in [-0.05, 0) is 36.5 Å². The SMILES string of the molecule is C[C@H]1C(=O)N2CCC[C@@H]2C(=O)N1Cc1ccccc1-c1ccccc1. The smallest absolute Gasteiger partial charge is 0.246 e. The second-order valence-electron chi connectivity index (χ2n) is 6.85. The van der Waals surface area contributed by atoms with Crippen LogP contribution in [0.3, 0.4) is 0 Å². The number of carbonyl (C=O) groups excluding carboxylic acids is 2. The zero-order valence-corrected chi connectivity index (χ0v) is 14.4. The Morgan fingerprint density at radius 3 is 2.48 bits per heavy atom. The highest BCUT2D eigenvalue weighted by molar-refractivity contribution is 5.97. The first-order valence-corrected chi connectivity index (χ1v) is 8.91. The minimum atomic E-state index is -0.398. The maximum atomic E-state index is 12.9. The Labute approximate surface area is 148 Å². The van der Waals surface area contributed by atoms with Gasteiger partial charge in [-0.2, -0.15) is 0 Å². The molecule has 2 aromatic carbocycles. The standard InChI is InChI=1S/C21H22N2O2/c1-15-20(24)22-13-7-12-19(22)21(25)23(15)14-17-10-5-6-11-18(17)16-8-3-2-4-9-16/h2-6,8-11,15,19H,7,12-14H2,1H3/t15-,19+/m0/s1. The monoisotopic (exact) mass is 334 g/mol. The second-order valence-corrected chi connectivity index (χ2v) is 6.85. The molecule has 0 aromatic heterocycles. The molecule has 0 radical (unpaired) electrons. The van der Waals surface area contributed by atoms with E-state index in [1.807, 2.05) is 43.3 Å². The molecule has 0 aliphatic carbocycles. The number of amides is 2. The zero-order valence-electron chi connectivity index (χ0n) is 14.4. The van der Waals surface area contributed by atoms with Crippen molar-refractivity contribution < 1.29 is 9.59 Å². The van der Waals surface area contributed by atoms with Crippen molar-refractivity contribution in [3.8, 4) is 11.1 Å². The quantitative estimate of drug-likeness (QED) is 0.865. The second kappa shape index (κ2) is 6.36. The van der Waals surface area contributed by atoms with Crippen LogP contribution in [0.2, 0.25) is 0 Å². The molecular weight excluding hydrogens is 312 g/mol. The number of carbonyl (C=O) groups is 2. The summed E-state index contributed by atoms with van der Waals surface area (Å²) in [5, 5.41) is 0. The van der Waals surface area contributed by atoms with E-state index < -0.39 is 6.04 Å². The minimum Gasteiger partial charge on any atom is -0.329 e. The first-order valence-electron chi connectivity index (χ1n) is 8.91. The van der Waals surface area contributed by atoms with Gasteiger partial charge in [0.05, 0.1) is 0 Å². The summed E-state index contributed by atoms with van der Waals surface area (Å²) in [5.41, 5.74) is 3.32. The van der Waals surface area contributed by atoms with Crippen LogP contribution >= 0.6 is 0 Å². The van der Waals surface area contributed by atoms with Crippen molar-refractivity contribution in [2.75, 3.05) is 6.54 Å². The predicted octanol–water partition coefficient (Wildman–Crippen LogP) is 3.08. The Bertz CT molecular complexity index is 803. The van der Waals surface area contributed by atoms with Crippen molar-refractivity contribution in [2.24, 2.45) is 0 Å². The molecule has 0 bridgehead atoms. The van der Waals surface area contributed by atoms with E-state index in [1.54, 1.807) is 9.80 Å². The summed E-state index contributed by atoms with van der Waals surface area (Å²) < 4.78 is 0. The molecule has 4 heteroatoms. The third-order valence-electron chi connectivity index (χ3n) is 5.37. The highest BCUT2D eigenvalue weighted by Crippen LogP contribution is 2.30. The van der Waals surface area contributed by atoms with Gasteiger partial charge < -0.3 is 9.80 Å². The highest BCUT2D eigenvalue weighted by Gasteiger charge is 2.45. The van der Waals surface area contributed by atoms with Gasteiger partial charge >= 0.3 is 0 Å². The maximum Gasteiger partial charge on any atom is 0.246 e. The number of fused-ring (bicyclic) bond motifs is 1. The molecule has 0 saturated carbocycles.